The van der Waals surface area contributed by atoms with Crippen LogP contribution in [0.3, 0.4) is 0 Å². The summed E-state index contributed by atoms with van der Waals surface area (Å²) in [6, 6.07) is 3.98. The third-order valence-electron chi connectivity index (χ3n) is 5.83. The van der Waals surface area contributed by atoms with Gasteiger partial charge in [0.05, 0.1) is 19.0 Å². The summed E-state index contributed by atoms with van der Waals surface area (Å²) < 4.78 is 5.53. The largest absolute Gasteiger partial charge is 0.442 e. The van der Waals surface area contributed by atoms with Gasteiger partial charge in [-0.25, -0.2) is 4.79 Å². The maximum Gasteiger partial charge on any atom is 0.410 e. The van der Waals surface area contributed by atoms with Crippen molar-refractivity contribution in [2.75, 3.05) is 26.2 Å². The second kappa shape index (κ2) is 7.50. The van der Waals surface area contributed by atoms with Gasteiger partial charge in [0.1, 0.15) is 6.10 Å². The van der Waals surface area contributed by atoms with Crippen molar-refractivity contribution in [1.29, 1.82) is 0 Å². The van der Waals surface area contributed by atoms with E-state index in [2.05, 4.69) is 0 Å². The van der Waals surface area contributed by atoms with Gasteiger partial charge in [0, 0.05) is 37.0 Å². The lowest BCUT2D eigenvalue weighted by atomic mass is 10.0. The minimum absolute atomic E-state index is 0.0497. The van der Waals surface area contributed by atoms with Gasteiger partial charge in [0.2, 0.25) is 11.8 Å². The molecule has 1 aromatic heterocycles. The number of rotatable bonds is 4. The SMILES string of the molecule is CCC(=O)N1C[C@@H]2OC(=O)N(C3CCN(C(=O)Cc4cccs4)CC3)[C@@H]2C1. The number of fused-ring (bicyclic) bond motifs is 1. The van der Waals surface area contributed by atoms with Crippen LogP contribution in [0.5, 0.6) is 0 Å². The summed E-state index contributed by atoms with van der Waals surface area (Å²) in [6.07, 6.45) is 1.96. The molecule has 0 spiro atoms. The number of ether oxygens (including phenoxy) is 1. The molecule has 27 heavy (non-hydrogen) atoms. The summed E-state index contributed by atoms with van der Waals surface area (Å²) in [7, 11) is 0. The van der Waals surface area contributed by atoms with Crippen LogP contribution >= 0.6 is 11.3 Å². The van der Waals surface area contributed by atoms with Crippen molar-refractivity contribution in [3.05, 3.63) is 22.4 Å². The van der Waals surface area contributed by atoms with Crippen LogP contribution in [0.2, 0.25) is 0 Å². The summed E-state index contributed by atoms with van der Waals surface area (Å²) in [5.41, 5.74) is 0. The Balaban J connectivity index is 1.34. The molecular formula is C19H25N3O4S. The Morgan fingerprint density at radius 1 is 1.19 bits per heavy atom. The second-order valence-corrected chi connectivity index (χ2v) is 8.45. The molecule has 3 aliphatic rings. The van der Waals surface area contributed by atoms with Gasteiger partial charge in [0.15, 0.2) is 0 Å². The zero-order valence-electron chi connectivity index (χ0n) is 15.5. The van der Waals surface area contributed by atoms with E-state index in [0.29, 0.717) is 39.0 Å². The summed E-state index contributed by atoms with van der Waals surface area (Å²) in [6.45, 7) is 4.22. The van der Waals surface area contributed by atoms with Gasteiger partial charge in [-0.1, -0.05) is 13.0 Å². The number of carbonyl (C=O) groups excluding carboxylic acids is 3. The fraction of sp³-hybridized carbons (Fsp3) is 0.632. The van der Waals surface area contributed by atoms with E-state index < -0.39 is 0 Å². The highest BCUT2D eigenvalue weighted by Gasteiger charge is 2.51. The maximum atomic E-state index is 12.5. The van der Waals surface area contributed by atoms with Crippen molar-refractivity contribution in [3.8, 4) is 0 Å². The summed E-state index contributed by atoms with van der Waals surface area (Å²) in [5.74, 6) is 0.257. The molecule has 3 amide bonds. The molecule has 3 saturated heterocycles. The number of piperidine rings is 1. The second-order valence-electron chi connectivity index (χ2n) is 7.42. The van der Waals surface area contributed by atoms with Crippen molar-refractivity contribution in [1.82, 2.24) is 14.7 Å². The highest BCUT2D eigenvalue weighted by molar-refractivity contribution is 7.10. The Hall–Kier alpha value is -2.09. The molecule has 0 radical (unpaired) electrons. The van der Waals surface area contributed by atoms with E-state index in [1.807, 2.05) is 34.2 Å². The molecule has 0 aromatic carbocycles. The smallest absolute Gasteiger partial charge is 0.410 e. The molecule has 146 valence electrons. The lowest BCUT2D eigenvalue weighted by molar-refractivity contribution is -0.132. The van der Waals surface area contributed by atoms with E-state index in [-0.39, 0.29) is 36.1 Å². The van der Waals surface area contributed by atoms with Crippen LogP contribution < -0.4 is 0 Å². The van der Waals surface area contributed by atoms with Crippen molar-refractivity contribution in [2.24, 2.45) is 0 Å². The average Bonchev–Trinajstić information content (AvgIpc) is 3.37. The van der Waals surface area contributed by atoms with Gasteiger partial charge in [-0.3, -0.25) is 14.5 Å². The number of nitrogens with zero attached hydrogens (tertiary/aromatic N) is 3. The molecule has 0 N–H and O–H groups in total. The molecule has 8 heteroatoms. The van der Waals surface area contributed by atoms with Crippen LogP contribution in [0.15, 0.2) is 17.5 Å². The Morgan fingerprint density at radius 2 is 1.96 bits per heavy atom. The third-order valence-corrected chi connectivity index (χ3v) is 6.70. The van der Waals surface area contributed by atoms with Gasteiger partial charge in [-0.2, -0.15) is 0 Å². The highest BCUT2D eigenvalue weighted by atomic mass is 32.1. The van der Waals surface area contributed by atoms with E-state index in [0.717, 1.165) is 17.7 Å². The monoisotopic (exact) mass is 391 g/mol. The number of hydrogen-bond acceptors (Lipinski definition) is 5. The quantitative estimate of drug-likeness (QED) is 0.784. The minimum Gasteiger partial charge on any atom is -0.442 e. The first-order valence-electron chi connectivity index (χ1n) is 9.63. The lowest BCUT2D eigenvalue weighted by Crippen LogP contribution is -2.51. The number of carbonyl (C=O) groups is 3. The number of amides is 3. The normalized spacial score (nSPS) is 25.7. The van der Waals surface area contributed by atoms with Gasteiger partial charge >= 0.3 is 6.09 Å². The van der Waals surface area contributed by atoms with Crippen molar-refractivity contribution < 1.29 is 19.1 Å². The molecular weight excluding hydrogens is 366 g/mol. The molecule has 0 unspecified atom stereocenters. The molecule has 3 aliphatic heterocycles. The Labute approximate surface area is 162 Å². The zero-order chi connectivity index (χ0) is 19.0. The first-order chi connectivity index (χ1) is 13.1. The molecule has 0 saturated carbocycles. The summed E-state index contributed by atoms with van der Waals surface area (Å²) in [4.78, 5) is 43.5. The zero-order valence-corrected chi connectivity index (χ0v) is 16.3. The number of thiophene rings is 1. The average molecular weight is 391 g/mol. The first kappa shape index (κ1) is 18.3. The van der Waals surface area contributed by atoms with Crippen LogP contribution in [0.1, 0.15) is 31.1 Å². The lowest BCUT2D eigenvalue weighted by Gasteiger charge is -2.37. The van der Waals surface area contributed by atoms with Crippen LogP contribution in [0.4, 0.5) is 4.79 Å². The van der Waals surface area contributed by atoms with Crippen LogP contribution in [0.25, 0.3) is 0 Å². The summed E-state index contributed by atoms with van der Waals surface area (Å²) in [5, 5.41) is 1.98. The number of likely N-dealkylation sites (tertiary alicyclic amines) is 2. The molecule has 1 aromatic rings. The Bertz CT molecular complexity index is 715. The highest BCUT2D eigenvalue weighted by Crippen LogP contribution is 2.32. The van der Waals surface area contributed by atoms with Crippen molar-refractivity contribution >= 4 is 29.2 Å². The molecule has 0 aliphatic carbocycles. The molecule has 4 heterocycles. The standard InChI is InChI=1S/C19H25N3O4S/c1-2-17(23)21-11-15-16(12-21)26-19(25)22(15)13-5-7-20(8-6-13)18(24)10-14-4-3-9-27-14/h3-4,9,13,15-16H,2,5-8,10-12H2,1H3/t15-,16+/m1/s1. The van der Waals surface area contributed by atoms with Gasteiger partial charge in [-0.05, 0) is 24.3 Å². The Morgan fingerprint density at radius 3 is 2.63 bits per heavy atom. The third kappa shape index (κ3) is 3.54. The topological polar surface area (TPSA) is 70.2 Å². The van der Waals surface area contributed by atoms with E-state index in [1.165, 1.54) is 0 Å². The first-order valence-corrected chi connectivity index (χ1v) is 10.5. The van der Waals surface area contributed by atoms with Crippen LogP contribution in [0, 0.1) is 0 Å². The van der Waals surface area contributed by atoms with Gasteiger partial charge < -0.3 is 14.5 Å². The molecule has 4 rings (SSSR count). The van der Waals surface area contributed by atoms with E-state index >= 15 is 0 Å². The molecule has 3 fully saturated rings. The fourth-order valence-corrected chi connectivity index (χ4v) is 5.08. The Kier molecular flexibility index (Phi) is 5.08. The van der Waals surface area contributed by atoms with E-state index in [4.69, 9.17) is 4.74 Å². The minimum atomic E-state index is -0.267. The fourth-order valence-electron chi connectivity index (χ4n) is 4.38. The van der Waals surface area contributed by atoms with Gasteiger partial charge in [0.25, 0.3) is 0 Å². The van der Waals surface area contributed by atoms with Crippen LogP contribution in [-0.4, -0.2) is 77.0 Å². The molecule has 0 bridgehead atoms. The van der Waals surface area contributed by atoms with Crippen molar-refractivity contribution in [3.63, 3.8) is 0 Å². The molecule has 7 nitrogen and oxygen atoms in total. The van der Waals surface area contributed by atoms with E-state index in [1.54, 1.807) is 16.2 Å². The van der Waals surface area contributed by atoms with E-state index in [9.17, 15) is 14.4 Å². The number of hydrogen-bond donors (Lipinski definition) is 0. The predicted octanol–water partition coefficient (Wildman–Crippen LogP) is 1.72. The van der Waals surface area contributed by atoms with Crippen molar-refractivity contribution in [2.45, 2.75) is 50.8 Å². The summed E-state index contributed by atoms with van der Waals surface area (Å²) >= 11 is 1.60. The predicted molar refractivity (Wildman–Crippen MR) is 100 cm³/mol. The van der Waals surface area contributed by atoms with Gasteiger partial charge in [-0.15, -0.1) is 11.3 Å². The van der Waals surface area contributed by atoms with Crippen LogP contribution in [-0.2, 0) is 20.7 Å². The maximum absolute atomic E-state index is 12.5. The molecule has 2 atom stereocenters.